The molecule has 0 bridgehead atoms. The second-order valence-corrected chi connectivity index (χ2v) is 12.0. The number of aliphatic carboxylic acids is 1. The number of carbonyl (C=O) groups is 2. The lowest BCUT2D eigenvalue weighted by atomic mass is 10.1. The van der Waals surface area contributed by atoms with Crippen LogP contribution < -0.4 is 10.3 Å². The molecule has 3 heterocycles. The molecule has 1 aliphatic heterocycles. The van der Waals surface area contributed by atoms with Crippen molar-refractivity contribution < 1.29 is 37.3 Å². The number of aryl methyl sites for hydroxylation is 1. The highest BCUT2D eigenvalue weighted by Crippen LogP contribution is 2.40. The molecule has 3 aromatic rings. The van der Waals surface area contributed by atoms with Crippen LogP contribution in [-0.2, 0) is 16.6 Å². The van der Waals surface area contributed by atoms with Gasteiger partial charge in [-0.1, -0.05) is 45.9 Å². The van der Waals surface area contributed by atoms with E-state index in [0.29, 0.717) is 47.5 Å². The van der Waals surface area contributed by atoms with Gasteiger partial charge in [-0.05, 0) is 17.9 Å². The van der Waals surface area contributed by atoms with E-state index in [9.17, 15) is 22.8 Å². The summed E-state index contributed by atoms with van der Waals surface area (Å²) in [6.07, 6.45) is -5.08. The molecule has 13 heteroatoms. The normalized spacial score (nSPS) is 14.3. The van der Waals surface area contributed by atoms with Crippen LogP contribution in [0.25, 0.3) is 21.0 Å². The summed E-state index contributed by atoms with van der Waals surface area (Å²) in [5.74, 6) is -1.70. The zero-order chi connectivity index (χ0) is 31.2. The van der Waals surface area contributed by atoms with Crippen LogP contribution in [0.1, 0.15) is 37.4 Å². The summed E-state index contributed by atoms with van der Waals surface area (Å²) in [5.41, 5.74) is 0.723. The molecule has 0 radical (unpaired) electrons. The van der Waals surface area contributed by atoms with Crippen LogP contribution >= 0.6 is 11.3 Å². The molecule has 1 fully saturated rings. The van der Waals surface area contributed by atoms with E-state index in [0.717, 1.165) is 48.5 Å². The fourth-order valence-corrected chi connectivity index (χ4v) is 5.92. The quantitative estimate of drug-likeness (QED) is 0.368. The number of thiophene rings is 1. The predicted molar refractivity (Wildman–Crippen MR) is 157 cm³/mol. The number of benzene rings is 1. The lowest BCUT2D eigenvalue weighted by molar-refractivity contribution is -0.192. The first-order chi connectivity index (χ1) is 19.7. The summed E-state index contributed by atoms with van der Waals surface area (Å²) >= 11 is 1.39. The number of para-hydroxylation sites is 1. The lowest BCUT2D eigenvalue weighted by Crippen LogP contribution is -2.39. The van der Waals surface area contributed by atoms with E-state index in [1.165, 1.54) is 11.3 Å². The van der Waals surface area contributed by atoms with Crippen molar-refractivity contribution in [2.45, 2.75) is 33.9 Å². The van der Waals surface area contributed by atoms with Gasteiger partial charge in [-0.3, -0.25) is 14.5 Å². The van der Waals surface area contributed by atoms with Crippen LogP contribution in [0.4, 0.5) is 13.2 Å². The van der Waals surface area contributed by atoms with Gasteiger partial charge >= 0.3 is 12.1 Å². The van der Waals surface area contributed by atoms with Crippen LogP contribution in [0, 0.1) is 11.8 Å². The summed E-state index contributed by atoms with van der Waals surface area (Å²) in [5, 5.41) is 8.60. The largest absolute Gasteiger partial charge is 0.490 e. The Labute approximate surface area is 246 Å². The van der Waals surface area contributed by atoms with Crippen LogP contribution in [-0.4, -0.2) is 90.1 Å². The monoisotopic (exact) mass is 613 g/mol. The summed E-state index contributed by atoms with van der Waals surface area (Å²) < 4.78 is 46.0. The predicted octanol–water partition coefficient (Wildman–Crippen LogP) is 4.85. The van der Waals surface area contributed by atoms with Gasteiger partial charge in [0.2, 0.25) is 0 Å². The van der Waals surface area contributed by atoms with Crippen molar-refractivity contribution in [3.05, 3.63) is 39.5 Å². The van der Waals surface area contributed by atoms with Gasteiger partial charge in [-0.15, -0.1) is 11.3 Å². The Hall–Kier alpha value is -3.16. The van der Waals surface area contributed by atoms with E-state index < -0.39 is 12.1 Å². The molecule has 1 saturated heterocycles. The van der Waals surface area contributed by atoms with Crippen molar-refractivity contribution in [2.75, 3.05) is 52.5 Å². The number of morpholine rings is 1. The van der Waals surface area contributed by atoms with E-state index in [1.54, 1.807) is 11.6 Å². The molecular weight excluding hydrogens is 575 g/mol. The fourth-order valence-electron chi connectivity index (χ4n) is 4.68. The zero-order valence-corrected chi connectivity index (χ0v) is 25.3. The van der Waals surface area contributed by atoms with E-state index in [-0.39, 0.29) is 11.5 Å². The Morgan fingerprint density at radius 1 is 1.10 bits per heavy atom. The Morgan fingerprint density at radius 3 is 2.21 bits per heavy atom. The number of nitrogens with zero attached hydrogens (tertiary/aromatic N) is 3. The van der Waals surface area contributed by atoms with Gasteiger partial charge in [0.05, 0.1) is 23.4 Å². The Kier molecular flexibility index (Phi) is 11.4. The van der Waals surface area contributed by atoms with Crippen LogP contribution in [0.15, 0.2) is 29.1 Å². The maximum atomic E-state index is 13.9. The second-order valence-electron chi connectivity index (χ2n) is 10.9. The molecule has 0 unspecified atom stereocenters. The highest BCUT2D eigenvalue weighted by Gasteiger charge is 2.38. The number of amides is 1. The minimum atomic E-state index is -5.08. The standard InChI is InChI=1S/C27H37N3O4S.C2HF3O2/c1-18(2)16-30(17-19(3)4)27(32)25-23(34-15-12-29-10-13-33-14-11-29)22-24(35-25)20-8-6-7-9-21(20)28(5)26(22)31;3-2(4,5)1(6)7/h6-9,18-19H,10-17H2,1-5H3;(H,6,7). The number of carbonyl (C=O) groups excluding carboxylic acids is 1. The number of halogens is 3. The number of alkyl halides is 3. The summed E-state index contributed by atoms with van der Waals surface area (Å²) in [6, 6.07) is 7.86. The first kappa shape index (κ1) is 33.3. The molecule has 1 aromatic carbocycles. The number of aromatic nitrogens is 1. The average molecular weight is 614 g/mol. The first-order valence-corrected chi connectivity index (χ1v) is 14.6. The highest BCUT2D eigenvalue weighted by atomic mass is 32.1. The third-order valence-corrected chi connectivity index (χ3v) is 7.74. The summed E-state index contributed by atoms with van der Waals surface area (Å²) in [7, 11) is 1.78. The van der Waals surface area contributed by atoms with Gasteiger partial charge < -0.3 is 24.0 Å². The van der Waals surface area contributed by atoms with Gasteiger partial charge in [0.15, 0.2) is 5.75 Å². The summed E-state index contributed by atoms with van der Waals surface area (Å²) in [4.78, 5) is 41.1. The molecule has 9 nitrogen and oxygen atoms in total. The number of carboxylic acid groups (broad SMARTS) is 1. The van der Waals surface area contributed by atoms with Crippen molar-refractivity contribution in [2.24, 2.45) is 18.9 Å². The number of pyridine rings is 1. The molecule has 0 spiro atoms. The van der Waals surface area contributed by atoms with Crippen molar-refractivity contribution in [3.63, 3.8) is 0 Å². The minimum absolute atomic E-state index is 0.0545. The summed E-state index contributed by atoms with van der Waals surface area (Å²) in [6.45, 7) is 14.1. The molecule has 1 amide bonds. The second kappa shape index (κ2) is 14.3. The molecule has 232 valence electrons. The van der Waals surface area contributed by atoms with Gasteiger partial charge in [-0.2, -0.15) is 13.2 Å². The van der Waals surface area contributed by atoms with Crippen molar-refractivity contribution in [1.29, 1.82) is 0 Å². The molecule has 2 aromatic heterocycles. The highest BCUT2D eigenvalue weighted by molar-refractivity contribution is 7.22. The number of hydrogen-bond acceptors (Lipinski definition) is 7. The van der Waals surface area contributed by atoms with Gasteiger partial charge in [0.25, 0.3) is 11.5 Å². The molecule has 0 saturated carbocycles. The van der Waals surface area contributed by atoms with Gasteiger partial charge in [0.1, 0.15) is 16.9 Å². The van der Waals surface area contributed by atoms with Crippen molar-refractivity contribution in [3.8, 4) is 5.75 Å². The van der Waals surface area contributed by atoms with Gasteiger partial charge in [0, 0.05) is 45.2 Å². The van der Waals surface area contributed by atoms with Crippen LogP contribution in [0.5, 0.6) is 5.75 Å². The average Bonchev–Trinajstić information content (AvgIpc) is 3.30. The smallest absolute Gasteiger partial charge is 0.490 e. The van der Waals surface area contributed by atoms with E-state index in [1.807, 2.05) is 29.2 Å². The van der Waals surface area contributed by atoms with Crippen LogP contribution in [0.3, 0.4) is 0 Å². The van der Waals surface area contributed by atoms with E-state index >= 15 is 0 Å². The molecule has 0 aliphatic carbocycles. The zero-order valence-electron chi connectivity index (χ0n) is 24.5. The first-order valence-electron chi connectivity index (χ1n) is 13.8. The Morgan fingerprint density at radius 2 is 1.67 bits per heavy atom. The fraction of sp³-hybridized carbons (Fsp3) is 0.552. The topological polar surface area (TPSA) is 101 Å². The molecule has 1 aliphatic rings. The number of rotatable bonds is 9. The van der Waals surface area contributed by atoms with E-state index in [4.69, 9.17) is 19.4 Å². The van der Waals surface area contributed by atoms with Crippen molar-refractivity contribution in [1.82, 2.24) is 14.4 Å². The van der Waals surface area contributed by atoms with Crippen molar-refractivity contribution >= 4 is 44.2 Å². The minimum Gasteiger partial charge on any atom is -0.490 e. The number of fused-ring (bicyclic) bond motifs is 3. The maximum Gasteiger partial charge on any atom is 0.490 e. The third-order valence-electron chi connectivity index (χ3n) is 6.55. The number of ether oxygens (including phenoxy) is 2. The molecule has 42 heavy (non-hydrogen) atoms. The van der Waals surface area contributed by atoms with Crippen LogP contribution in [0.2, 0.25) is 0 Å². The number of hydrogen-bond donors (Lipinski definition) is 1. The third kappa shape index (κ3) is 8.23. The van der Waals surface area contributed by atoms with Gasteiger partial charge in [-0.25, -0.2) is 4.79 Å². The Bertz CT molecular complexity index is 1430. The lowest BCUT2D eigenvalue weighted by Gasteiger charge is -2.27. The molecule has 0 atom stereocenters. The molecular formula is C29H38F3N3O6S. The SMILES string of the molecule is CC(C)CN(CC(C)C)C(=O)c1sc2c(c1OCCN1CCOCC1)c(=O)n(C)c1ccccc21.O=C(O)C(F)(F)F. The molecule has 1 N–H and O–H groups in total. The van der Waals surface area contributed by atoms with E-state index in [2.05, 4.69) is 32.6 Å². The Balaban J connectivity index is 0.000000616. The maximum absolute atomic E-state index is 13.9. The number of carboxylic acids is 1. The molecule has 4 rings (SSSR count).